The van der Waals surface area contributed by atoms with Crippen LogP contribution in [0.1, 0.15) is 12.0 Å². The Balaban J connectivity index is 1.36. The smallest absolute Gasteiger partial charge is 0.323 e. The van der Waals surface area contributed by atoms with Crippen molar-refractivity contribution in [1.29, 1.82) is 0 Å². The van der Waals surface area contributed by atoms with E-state index in [9.17, 15) is 22.0 Å². The van der Waals surface area contributed by atoms with Gasteiger partial charge in [0.05, 0.1) is 22.5 Å². The Morgan fingerprint density at radius 1 is 0.943 bits per heavy atom. The van der Waals surface area contributed by atoms with Crippen LogP contribution in [0.4, 0.5) is 30.8 Å². The number of rotatable bonds is 5. The number of carbonyl (C=O) groups excluding carboxylic acids is 1. The number of hydrogen-bond acceptors (Lipinski definition) is 5. The van der Waals surface area contributed by atoms with Gasteiger partial charge in [0.1, 0.15) is 17.5 Å². The number of hydrogen-bond donors (Lipinski definition) is 2. The first-order chi connectivity index (χ1) is 16.7. The van der Waals surface area contributed by atoms with Crippen LogP contribution < -0.4 is 15.5 Å². The standard InChI is InChI=1S/C24H25F2N5O3S/c1-17-3-7-20(8-4-17)35(33,34)31-12-2-11-30(13-14-31)23-10-6-19(16-27-23)28-24(32)29-22-9-5-18(25)15-21(22)26/h3-10,15-16H,2,11-14H2,1H3,(H2,28,29,32). The lowest BCUT2D eigenvalue weighted by atomic mass is 10.2. The number of carbonyl (C=O) groups is 1. The number of sulfonamides is 1. The molecule has 11 heteroatoms. The van der Waals surface area contributed by atoms with Crippen LogP contribution in [-0.4, -0.2) is 49.9 Å². The minimum atomic E-state index is -3.57. The summed E-state index contributed by atoms with van der Waals surface area (Å²) in [5.41, 5.74) is 1.23. The van der Waals surface area contributed by atoms with Crippen LogP contribution in [0.15, 0.2) is 65.7 Å². The number of benzene rings is 2. The summed E-state index contributed by atoms with van der Waals surface area (Å²) in [6.45, 7) is 3.74. The molecule has 4 rings (SSSR count). The maximum absolute atomic E-state index is 13.7. The van der Waals surface area contributed by atoms with Crippen molar-refractivity contribution in [3.63, 3.8) is 0 Å². The molecule has 8 nitrogen and oxygen atoms in total. The summed E-state index contributed by atoms with van der Waals surface area (Å²) in [5, 5.41) is 4.86. The highest BCUT2D eigenvalue weighted by molar-refractivity contribution is 7.89. The number of amides is 2. The molecule has 0 spiro atoms. The minimum absolute atomic E-state index is 0.150. The van der Waals surface area contributed by atoms with Crippen molar-refractivity contribution in [3.8, 4) is 0 Å². The lowest BCUT2D eigenvalue weighted by Crippen LogP contribution is -2.35. The summed E-state index contributed by atoms with van der Waals surface area (Å²) >= 11 is 0. The molecule has 0 unspecified atom stereocenters. The van der Waals surface area contributed by atoms with Gasteiger partial charge in [-0.05, 0) is 49.7 Å². The molecular weight excluding hydrogens is 476 g/mol. The van der Waals surface area contributed by atoms with E-state index in [1.54, 1.807) is 36.4 Å². The number of aryl methyl sites for hydroxylation is 1. The summed E-state index contributed by atoms with van der Waals surface area (Å²) < 4.78 is 54.2. The van der Waals surface area contributed by atoms with Crippen LogP contribution in [0.25, 0.3) is 0 Å². The molecule has 35 heavy (non-hydrogen) atoms. The first-order valence-corrected chi connectivity index (χ1v) is 12.5. The minimum Gasteiger partial charge on any atom is -0.355 e. The molecular formula is C24H25F2N5O3S. The molecule has 2 N–H and O–H groups in total. The van der Waals surface area contributed by atoms with Gasteiger partial charge < -0.3 is 15.5 Å². The summed E-state index contributed by atoms with van der Waals surface area (Å²) in [6, 6.07) is 12.4. The highest BCUT2D eigenvalue weighted by Gasteiger charge is 2.27. The summed E-state index contributed by atoms with van der Waals surface area (Å²) in [4.78, 5) is 18.8. The van der Waals surface area contributed by atoms with Gasteiger partial charge in [0.15, 0.2) is 0 Å². The molecule has 3 aromatic rings. The Morgan fingerprint density at radius 2 is 1.71 bits per heavy atom. The fourth-order valence-electron chi connectivity index (χ4n) is 3.75. The predicted molar refractivity (Wildman–Crippen MR) is 130 cm³/mol. The molecule has 0 saturated carbocycles. The Morgan fingerprint density at radius 3 is 2.40 bits per heavy atom. The average Bonchev–Trinajstić information content (AvgIpc) is 3.09. The van der Waals surface area contributed by atoms with E-state index in [1.165, 1.54) is 10.5 Å². The van der Waals surface area contributed by atoms with Crippen LogP contribution in [0, 0.1) is 18.6 Å². The molecule has 2 aromatic carbocycles. The van der Waals surface area contributed by atoms with E-state index in [4.69, 9.17) is 0 Å². The van der Waals surface area contributed by atoms with Gasteiger partial charge in [0, 0.05) is 32.2 Å². The lowest BCUT2D eigenvalue weighted by Gasteiger charge is -2.23. The molecule has 0 atom stereocenters. The van der Waals surface area contributed by atoms with Gasteiger partial charge in [-0.25, -0.2) is 27.0 Å². The first kappa shape index (κ1) is 24.6. The topological polar surface area (TPSA) is 94.6 Å². The third kappa shape index (κ3) is 5.92. The molecule has 2 heterocycles. The summed E-state index contributed by atoms with van der Waals surface area (Å²) in [5.74, 6) is -0.971. The van der Waals surface area contributed by atoms with E-state index in [1.807, 2.05) is 11.8 Å². The zero-order chi connectivity index (χ0) is 25.0. The molecule has 0 radical (unpaired) electrons. The number of aromatic nitrogens is 1. The van der Waals surface area contributed by atoms with E-state index in [2.05, 4.69) is 15.6 Å². The van der Waals surface area contributed by atoms with E-state index < -0.39 is 27.7 Å². The number of nitrogens with one attached hydrogen (secondary N) is 2. The summed E-state index contributed by atoms with van der Waals surface area (Å²) in [6.07, 6.45) is 2.10. The van der Waals surface area contributed by atoms with Crippen LogP contribution in [0.3, 0.4) is 0 Å². The van der Waals surface area contributed by atoms with Crippen molar-refractivity contribution in [2.24, 2.45) is 0 Å². The Labute approximate surface area is 202 Å². The van der Waals surface area contributed by atoms with Crippen LogP contribution >= 0.6 is 0 Å². The molecule has 2 amide bonds. The maximum Gasteiger partial charge on any atom is 0.323 e. The van der Waals surface area contributed by atoms with Gasteiger partial charge in [-0.3, -0.25) is 0 Å². The fourth-order valence-corrected chi connectivity index (χ4v) is 5.21. The molecule has 0 aliphatic carbocycles. The maximum atomic E-state index is 13.7. The SMILES string of the molecule is Cc1ccc(S(=O)(=O)N2CCCN(c3ccc(NC(=O)Nc4ccc(F)cc4F)cn3)CC2)cc1. The third-order valence-electron chi connectivity index (χ3n) is 5.62. The monoisotopic (exact) mass is 501 g/mol. The highest BCUT2D eigenvalue weighted by atomic mass is 32.2. The van der Waals surface area contributed by atoms with Crippen molar-refractivity contribution in [2.75, 3.05) is 41.7 Å². The number of nitrogens with zero attached hydrogens (tertiary/aromatic N) is 3. The van der Waals surface area contributed by atoms with E-state index >= 15 is 0 Å². The average molecular weight is 502 g/mol. The van der Waals surface area contributed by atoms with Gasteiger partial charge in [-0.2, -0.15) is 4.31 Å². The number of urea groups is 1. The zero-order valence-corrected chi connectivity index (χ0v) is 19.9. The second-order valence-electron chi connectivity index (χ2n) is 8.17. The molecule has 0 bridgehead atoms. The van der Waals surface area contributed by atoms with Gasteiger partial charge in [-0.15, -0.1) is 0 Å². The van der Waals surface area contributed by atoms with E-state index in [0.717, 1.165) is 17.7 Å². The van der Waals surface area contributed by atoms with Crippen LogP contribution in [0.2, 0.25) is 0 Å². The van der Waals surface area contributed by atoms with Gasteiger partial charge in [0.25, 0.3) is 0 Å². The van der Waals surface area contributed by atoms with Crippen molar-refractivity contribution >= 4 is 33.2 Å². The second kappa shape index (κ2) is 10.4. The van der Waals surface area contributed by atoms with E-state index in [-0.39, 0.29) is 10.6 Å². The van der Waals surface area contributed by atoms with Crippen LogP contribution in [-0.2, 0) is 10.0 Å². The normalized spacial score (nSPS) is 14.9. The van der Waals surface area contributed by atoms with Crippen molar-refractivity contribution in [2.45, 2.75) is 18.2 Å². The molecule has 184 valence electrons. The number of halogens is 2. The fraction of sp³-hybridized carbons (Fsp3) is 0.250. The van der Waals surface area contributed by atoms with Crippen LogP contribution in [0.5, 0.6) is 0 Å². The molecule has 1 aliphatic rings. The summed E-state index contributed by atoms with van der Waals surface area (Å²) in [7, 11) is -3.57. The van der Waals surface area contributed by atoms with Gasteiger partial charge >= 0.3 is 6.03 Å². The largest absolute Gasteiger partial charge is 0.355 e. The van der Waals surface area contributed by atoms with Crippen molar-refractivity contribution in [1.82, 2.24) is 9.29 Å². The molecule has 1 fully saturated rings. The first-order valence-electron chi connectivity index (χ1n) is 11.0. The highest BCUT2D eigenvalue weighted by Crippen LogP contribution is 2.21. The number of pyridine rings is 1. The molecule has 1 saturated heterocycles. The van der Waals surface area contributed by atoms with Crippen molar-refractivity contribution in [3.05, 3.63) is 78.0 Å². The third-order valence-corrected chi connectivity index (χ3v) is 7.54. The van der Waals surface area contributed by atoms with Gasteiger partial charge in [-0.1, -0.05) is 17.7 Å². The molecule has 1 aromatic heterocycles. The molecule has 1 aliphatic heterocycles. The zero-order valence-electron chi connectivity index (χ0n) is 19.0. The Bertz CT molecular complexity index is 1300. The quantitative estimate of drug-likeness (QED) is 0.546. The van der Waals surface area contributed by atoms with Gasteiger partial charge in [0.2, 0.25) is 10.0 Å². The lowest BCUT2D eigenvalue weighted by molar-refractivity contribution is 0.262. The van der Waals surface area contributed by atoms with E-state index in [0.29, 0.717) is 50.2 Å². The van der Waals surface area contributed by atoms with Crippen molar-refractivity contribution < 1.29 is 22.0 Å². The predicted octanol–water partition coefficient (Wildman–Crippen LogP) is 4.21. The Kier molecular flexibility index (Phi) is 7.27. The number of anilines is 3. The second-order valence-corrected chi connectivity index (χ2v) is 10.1. The Hall–Kier alpha value is -3.57.